The van der Waals surface area contributed by atoms with Crippen molar-refractivity contribution in [1.82, 2.24) is 0 Å². The van der Waals surface area contributed by atoms with Crippen molar-refractivity contribution in [1.29, 1.82) is 0 Å². The zero-order valence-electron chi connectivity index (χ0n) is 16.4. The summed E-state index contributed by atoms with van der Waals surface area (Å²) >= 11 is 5.97. The van der Waals surface area contributed by atoms with Gasteiger partial charge in [0.1, 0.15) is 11.5 Å². The predicted octanol–water partition coefficient (Wildman–Crippen LogP) is 6.87. The zero-order valence-corrected chi connectivity index (χ0v) is 17.1. The topological polar surface area (TPSA) is 41.8 Å². The lowest BCUT2D eigenvalue weighted by Gasteiger charge is -2.12. The fourth-order valence-electron chi connectivity index (χ4n) is 3.26. The van der Waals surface area contributed by atoms with Crippen LogP contribution in [-0.4, -0.2) is 18.0 Å². The number of benzene rings is 2. The van der Waals surface area contributed by atoms with Gasteiger partial charge in [-0.25, -0.2) is 0 Å². The highest BCUT2D eigenvalue weighted by Gasteiger charge is 2.14. The molecule has 0 spiro atoms. The molecule has 0 saturated heterocycles. The summed E-state index contributed by atoms with van der Waals surface area (Å²) < 4.78 is 5.49. The molecule has 0 fully saturated rings. The molecule has 0 unspecified atom stereocenters. The second-order valence-corrected chi connectivity index (χ2v) is 7.30. The van der Waals surface area contributed by atoms with Gasteiger partial charge >= 0.3 is 0 Å². The van der Waals surface area contributed by atoms with Crippen LogP contribution < -0.4 is 4.74 Å². The summed E-state index contributed by atoms with van der Waals surface area (Å²) in [5.74, 6) is 0.695. The molecule has 146 valence electrons. The summed E-state index contributed by atoms with van der Waals surface area (Å²) in [5.41, 5.74) is 3.32. The minimum atomic E-state index is 0.491. The number of rotatable bonds is 11. The Morgan fingerprint density at radius 3 is 2.26 bits per heavy atom. The first-order valence-electron chi connectivity index (χ1n) is 9.85. The van der Waals surface area contributed by atoms with Gasteiger partial charge in [-0.1, -0.05) is 80.4 Å². The summed E-state index contributed by atoms with van der Waals surface area (Å²) in [4.78, 5) is 0. The number of nitrogens with zero attached hydrogens (tertiary/aromatic N) is 1. The number of hydrogen-bond donors (Lipinski definition) is 1. The van der Waals surface area contributed by atoms with Gasteiger partial charge in [0.25, 0.3) is 0 Å². The number of aryl methyl sites for hydroxylation is 1. The van der Waals surface area contributed by atoms with E-state index in [0.29, 0.717) is 16.5 Å². The van der Waals surface area contributed by atoms with E-state index in [2.05, 4.69) is 24.2 Å². The Balaban J connectivity index is 2.07. The molecule has 1 N–H and O–H groups in total. The van der Waals surface area contributed by atoms with Gasteiger partial charge in [0, 0.05) is 16.1 Å². The summed E-state index contributed by atoms with van der Waals surface area (Å²) in [7, 11) is 1.63. The van der Waals surface area contributed by atoms with Crippen LogP contribution in [0.1, 0.15) is 68.6 Å². The van der Waals surface area contributed by atoms with Crippen molar-refractivity contribution in [2.45, 2.75) is 58.3 Å². The van der Waals surface area contributed by atoms with Gasteiger partial charge < -0.3 is 9.94 Å². The maximum Gasteiger partial charge on any atom is 0.128 e. The maximum absolute atomic E-state index is 9.63. The van der Waals surface area contributed by atoms with Crippen LogP contribution in [-0.2, 0) is 6.42 Å². The summed E-state index contributed by atoms with van der Waals surface area (Å²) in [5, 5.41) is 13.8. The number of oxime groups is 1. The molecule has 0 heterocycles. The third-order valence-electron chi connectivity index (χ3n) is 4.81. The highest BCUT2D eigenvalue weighted by Crippen LogP contribution is 2.25. The molecular weight excluding hydrogens is 358 g/mol. The van der Waals surface area contributed by atoms with Crippen molar-refractivity contribution in [3.05, 3.63) is 64.2 Å². The van der Waals surface area contributed by atoms with Crippen molar-refractivity contribution >= 4 is 17.3 Å². The normalized spacial score (nSPS) is 11.6. The molecule has 0 aromatic heterocycles. The molecule has 4 heteroatoms. The molecule has 0 radical (unpaired) electrons. The third-order valence-corrected chi connectivity index (χ3v) is 5.06. The van der Waals surface area contributed by atoms with E-state index in [9.17, 15) is 5.21 Å². The largest absolute Gasteiger partial charge is 0.496 e. The van der Waals surface area contributed by atoms with Crippen LogP contribution in [0.4, 0.5) is 0 Å². The quantitative estimate of drug-likeness (QED) is 0.198. The zero-order chi connectivity index (χ0) is 19.5. The average molecular weight is 388 g/mol. The Bertz CT molecular complexity index is 726. The molecule has 3 nitrogen and oxygen atoms in total. The number of ether oxygens (including phenoxy) is 1. The predicted molar refractivity (Wildman–Crippen MR) is 114 cm³/mol. The highest BCUT2D eigenvalue weighted by molar-refractivity contribution is 6.30. The summed E-state index contributed by atoms with van der Waals surface area (Å²) in [6.45, 7) is 2.25. The maximum atomic E-state index is 9.63. The molecule has 0 atom stereocenters. The van der Waals surface area contributed by atoms with E-state index in [1.807, 2.05) is 18.2 Å². The Morgan fingerprint density at radius 2 is 1.63 bits per heavy atom. The minimum Gasteiger partial charge on any atom is -0.496 e. The van der Waals surface area contributed by atoms with Crippen molar-refractivity contribution in [3.8, 4) is 5.75 Å². The van der Waals surface area contributed by atoms with Crippen LogP contribution >= 0.6 is 11.6 Å². The van der Waals surface area contributed by atoms with Crippen LogP contribution in [0, 0.1) is 0 Å². The second-order valence-electron chi connectivity index (χ2n) is 6.86. The number of halogens is 1. The molecule has 2 aromatic rings. The summed E-state index contributed by atoms with van der Waals surface area (Å²) in [6, 6.07) is 13.4. The molecule has 0 aliphatic carbocycles. The van der Waals surface area contributed by atoms with Crippen molar-refractivity contribution in [3.63, 3.8) is 0 Å². The van der Waals surface area contributed by atoms with Crippen LogP contribution in [0.25, 0.3) is 0 Å². The van der Waals surface area contributed by atoms with E-state index < -0.39 is 0 Å². The van der Waals surface area contributed by atoms with Crippen molar-refractivity contribution < 1.29 is 9.94 Å². The Labute approximate surface area is 168 Å². The smallest absolute Gasteiger partial charge is 0.128 e. The van der Waals surface area contributed by atoms with Crippen molar-refractivity contribution in [2.75, 3.05) is 7.11 Å². The molecule has 0 amide bonds. The van der Waals surface area contributed by atoms with E-state index in [4.69, 9.17) is 16.3 Å². The second kappa shape index (κ2) is 11.7. The Kier molecular flexibility index (Phi) is 9.20. The molecule has 0 aliphatic rings. The molecule has 0 saturated carbocycles. The molecule has 0 bridgehead atoms. The SMILES string of the molecule is CCCCCCCCCc1ccc(OC)c(C(=NO)c2ccc(Cl)cc2)c1. The highest BCUT2D eigenvalue weighted by atomic mass is 35.5. The van der Waals surface area contributed by atoms with Gasteiger partial charge in [0.15, 0.2) is 0 Å². The molecule has 27 heavy (non-hydrogen) atoms. The Morgan fingerprint density at radius 1 is 0.963 bits per heavy atom. The van der Waals surface area contributed by atoms with Gasteiger partial charge in [0.2, 0.25) is 0 Å². The number of unbranched alkanes of at least 4 members (excludes halogenated alkanes) is 6. The van der Waals surface area contributed by atoms with E-state index in [-0.39, 0.29) is 0 Å². The van der Waals surface area contributed by atoms with E-state index in [1.165, 1.54) is 50.5 Å². The lowest BCUT2D eigenvalue weighted by atomic mass is 9.97. The number of methoxy groups -OCH3 is 1. The Hall–Kier alpha value is -2.00. The standard InChI is InChI=1S/C23H30ClNO2/c1-3-4-5-6-7-8-9-10-18-11-16-22(27-2)21(17-18)23(25-26)19-12-14-20(24)15-13-19/h11-17,26H,3-10H2,1-2H3. The molecular formula is C23H30ClNO2. The lowest BCUT2D eigenvalue weighted by Crippen LogP contribution is -2.06. The van der Waals surface area contributed by atoms with Crippen LogP contribution in [0.5, 0.6) is 5.75 Å². The molecule has 2 rings (SSSR count). The first kappa shape index (κ1) is 21.3. The van der Waals surface area contributed by atoms with Crippen LogP contribution in [0.15, 0.2) is 47.6 Å². The van der Waals surface area contributed by atoms with Crippen LogP contribution in [0.3, 0.4) is 0 Å². The van der Waals surface area contributed by atoms with Gasteiger partial charge in [-0.05, 0) is 42.7 Å². The fourth-order valence-corrected chi connectivity index (χ4v) is 3.38. The lowest BCUT2D eigenvalue weighted by molar-refractivity contribution is 0.319. The van der Waals surface area contributed by atoms with E-state index in [0.717, 1.165) is 17.5 Å². The molecule has 0 aliphatic heterocycles. The summed E-state index contributed by atoms with van der Waals surface area (Å²) in [6.07, 6.45) is 10.1. The third kappa shape index (κ3) is 6.59. The fraction of sp³-hybridized carbons (Fsp3) is 0.435. The first-order chi connectivity index (χ1) is 13.2. The van der Waals surface area contributed by atoms with Gasteiger partial charge in [0.05, 0.1) is 7.11 Å². The minimum absolute atomic E-state index is 0.491. The number of hydrogen-bond acceptors (Lipinski definition) is 3. The average Bonchev–Trinajstić information content (AvgIpc) is 2.69. The molecule has 2 aromatic carbocycles. The van der Waals surface area contributed by atoms with Crippen molar-refractivity contribution in [2.24, 2.45) is 5.16 Å². The monoisotopic (exact) mass is 387 g/mol. The van der Waals surface area contributed by atoms with E-state index in [1.54, 1.807) is 19.2 Å². The van der Waals surface area contributed by atoms with Gasteiger partial charge in [-0.15, -0.1) is 0 Å². The van der Waals surface area contributed by atoms with E-state index >= 15 is 0 Å². The van der Waals surface area contributed by atoms with Gasteiger partial charge in [-0.2, -0.15) is 0 Å². The van der Waals surface area contributed by atoms with Crippen LogP contribution in [0.2, 0.25) is 5.02 Å². The van der Waals surface area contributed by atoms with Gasteiger partial charge in [-0.3, -0.25) is 0 Å². The first-order valence-corrected chi connectivity index (χ1v) is 10.2.